The van der Waals surface area contributed by atoms with Crippen LogP contribution in [0.5, 0.6) is 17.2 Å². The van der Waals surface area contributed by atoms with Gasteiger partial charge in [-0.25, -0.2) is 4.68 Å². The molecule has 1 aromatic heterocycles. The molecule has 1 unspecified atom stereocenters. The number of rotatable bonds is 9. The van der Waals surface area contributed by atoms with Gasteiger partial charge in [-0.15, -0.1) is 0 Å². The first kappa shape index (κ1) is 23.1. The predicted octanol–water partition coefficient (Wildman–Crippen LogP) is 3.24. The van der Waals surface area contributed by atoms with E-state index in [-0.39, 0.29) is 24.8 Å². The van der Waals surface area contributed by atoms with E-state index in [0.717, 1.165) is 11.1 Å². The number of aromatic nitrogens is 2. The normalized spacial score (nSPS) is 14.4. The lowest BCUT2D eigenvalue weighted by Gasteiger charge is -2.13. The van der Waals surface area contributed by atoms with Crippen molar-refractivity contribution < 1.29 is 28.5 Å². The molecule has 10 nitrogen and oxygen atoms in total. The monoisotopic (exact) mass is 466 g/mol. The number of carbonyl (C=O) groups is 2. The van der Waals surface area contributed by atoms with Crippen molar-refractivity contribution in [2.75, 3.05) is 39.1 Å². The van der Waals surface area contributed by atoms with Crippen LogP contribution in [-0.2, 0) is 20.9 Å². The van der Waals surface area contributed by atoms with Gasteiger partial charge in [0.2, 0.25) is 5.91 Å². The van der Waals surface area contributed by atoms with Gasteiger partial charge >= 0.3 is 0 Å². The first-order valence-corrected chi connectivity index (χ1v) is 10.6. The van der Waals surface area contributed by atoms with Crippen LogP contribution in [0.15, 0.2) is 42.5 Å². The first-order chi connectivity index (χ1) is 16.5. The number of ether oxygens (including phenoxy) is 4. The van der Waals surface area contributed by atoms with Crippen molar-refractivity contribution in [3.63, 3.8) is 0 Å². The van der Waals surface area contributed by atoms with E-state index in [1.54, 1.807) is 44.2 Å². The lowest BCUT2D eigenvalue weighted by atomic mass is 10.1. The van der Waals surface area contributed by atoms with Crippen LogP contribution in [0.2, 0.25) is 0 Å². The molecule has 2 heterocycles. The molecule has 0 fully saturated rings. The molecule has 0 saturated heterocycles. The molecule has 178 valence electrons. The fourth-order valence-corrected chi connectivity index (χ4v) is 3.89. The zero-order valence-corrected chi connectivity index (χ0v) is 19.4. The Kier molecular flexibility index (Phi) is 6.69. The van der Waals surface area contributed by atoms with Crippen molar-refractivity contribution in [2.24, 2.45) is 0 Å². The van der Waals surface area contributed by atoms with E-state index >= 15 is 0 Å². The molecule has 1 atom stereocenters. The van der Waals surface area contributed by atoms with Crippen LogP contribution in [0.3, 0.4) is 0 Å². The fourth-order valence-electron chi connectivity index (χ4n) is 3.89. The molecule has 10 heteroatoms. The molecule has 1 aliphatic heterocycles. The van der Waals surface area contributed by atoms with Crippen molar-refractivity contribution in [1.29, 1.82) is 0 Å². The quantitative estimate of drug-likeness (QED) is 0.498. The maximum absolute atomic E-state index is 12.8. The summed E-state index contributed by atoms with van der Waals surface area (Å²) in [4.78, 5) is 25.6. The predicted molar refractivity (Wildman–Crippen MR) is 125 cm³/mol. The highest BCUT2D eigenvalue weighted by Crippen LogP contribution is 2.39. The van der Waals surface area contributed by atoms with Crippen LogP contribution in [0.25, 0.3) is 11.1 Å². The van der Waals surface area contributed by atoms with E-state index in [0.29, 0.717) is 34.4 Å². The lowest BCUT2D eigenvalue weighted by molar-refractivity contribution is -0.123. The molecule has 1 aliphatic rings. The van der Waals surface area contributed by atoms with Crippen LogP contribution < -0.4 is 24.8 Å². The second-order valence-electron chi connectivity index (χ2n) is 7.60. The smallest absolute Gasteiger partial charge is 0.251 e. The molecular weight excluding hydrogens is 440 g/mol. The van der Waals surface area contributed by atoms with Gasteiger partial charge in [0.25, 0.3) is 5.91 Å². The van der Waals surface area contributed by atoms with E-state index in [4.69, 9.17) is 18.9 Å². The highest BCUT2D eigenvalue weighted by Gasteiger charge is 2.37. The number of carbonyl (C=O) groups excluding carboxylic acids is 2. The highest BCUT2D eigenvalue weighted by molar-refractivity contribution is 6.04. The van der Waals surface area contributed by atoms with Gasteiger partial charge in [0.15, 0.2) is 0 Å². The number of fused-ring (bicyclic) bond motifs is 1. The Morgan fingerprint density at radius 3 is 2.38 bits per heavy atom. The lowest BCUT2D eigenvalue weighted by Crippen LogP contribution is -2.24. The fraction of sp³-hybridized carbons (Fsp3) is 0.292. The summed E-state index contributed by atoms with van der Waals surface area (Å²) in [7, 11) is 6.22. The molecule has 0 saturated carbocycles. The van der Waals surface area contributed by atoms with Crippen molar-refractivity contribution in [1.82, 2.24) is 9.78 Å². The third-order valence-electron chi connectivity index (χ3n) is 5.54. The molecule has 3 aromatic rings. The standard InChI is InChI=1S/C24H26N4O6/c1-31-13-18-22(14-5-7-15(32-2)8-6-14)23-26-24(30)19(28(23)27-18)12-21(29)25-17-10-9-16(33-3)11-20(17)34-4/h5-11,19H,12-13H2,1-4H3,(H,25,29)(H,26,30). The summed E-state index contributed by atoms with van der Waals surface area (Å²) in [6.07, 6.45) is -0.107. The largest absolute Gasteiger partial charge is 0.497 e. The minimum atomic E-state index is -0.804. The average molecular weight is 466 g/mol. The maximum atomic E-state index is 12.8. The zero-order chi connectivity index (χ0) is 24.2. The number of hydrogen-bond acceptors (Lipinski definition) is 7. The molecule has 2 N–H and O–H groups in total. The number of anilines is 2. The third kappa shape index (κ3) is 4.40. The molecule has 2 amide bonds. The van der Waals surface area contributed by atoms with Crippen LogP contribution >= 0.6 is 0 Å². The van der Waals surface area contributed by atoms with E-state index in [2.05, 4.69) is 15.7 Å². The topological polar surface area (TPSA) is 113 Å². The number of amides is 2. The summed E-state index contributed by atoms with van der Waals surface area (Å²) < 4.78 is 22.6. The van der Waals surface area contributed by atoms with Gasteiger partial charge in [-0.05, 0) is 29.8 Å². The van der Waals surface area contributed by atoms with Crippen molar-refractivity contribution in [3.8, 4) is 28.4 Å². The molecule has 4 rings (SSSR count). The minimum Gasteiger partial charge on any atom is -0.497 e. The van der Waals surface area contributed by atoms with Gasteiger partial charge in [0, 0.05) is 18.7 Å². The molecule has 0 aliphatic carbocycles. The Morgan fingerprint density at radius 1 is 1.03 bits per heavy atom. The summed E-state index contributed by atoms with van der Waals surface area (Å²) in [6, 6.07) is 11.7. The molecular formula is C24H26N4O6. The average Bonchev–Trinajstić information content (AvgIpc) is 3.34. The number of benzene rings is 2. The second kappa shape index (κ2) is 9.84. The summed E-state index contributed by atoms with van der Waals surface area (Å²) in [6.45, 7) is 0.249. The molecule has 2 aromatic carbocycles. The van der Waals surface area contributed by atoms with Gasteiger partial charge in [-0.3, -0.25) is 9.59 Å². The van der Waals surface area contributed by atoms with Gasteiger partial charge in [0.05, 0.1) is 45.7 Å². The van der Waals surface area contributed by atoms with Crippen LogP contribution in [0, 0.1) is 0 Å². The van der Waals surface area contributed by atoms with E-state index in [9.17, 15) is 9.59 Å². The number of nitrogens with one attached hydrogen (secondary N) is 2. The Bertz CT molecular complexity index is 1200. The molecule has 0 bridgehead atoms. The number of nitrogens with zero attached hydrogens (tertiary/aromatic N) is 2. The van der Waals surface area contributed by atoms with Crippen LogP contribution in [-0.4, -0.2) is 50.0 Å². The van der Waals surface area contributed by atoms with E-state index in [1.807, 2.05) is 24.3 Å². The van der Waals surface area contributed by atoms with Gasteiger partial charge < -0.3 is 29.6 Å². The first-order valence-electron chi connectivity index (χ1n) is 10.6. The third-order valence-corrected chi connectivity index (χ3v) is 5.54. The van der Waals surface area contributed by atoms with Crippen LogP contribution in [0.4, 0.5) is 11.5 Å². The summed E-state index contributed by atoms with van der Waals surface area (Å²) in [5.74, 6) is 1.63. The molecule has 0 spiro atoms. The van der Waals surface area contributed by atoms with Crippen molar-refractivity contribution >= 4 is 23.3 Å². The van der Waals surface area contributed by atoms with E-state index < -0.39 is 6.04 Å². The minimum absolute atomic E-state index is 0.107. The Balaban J connectivity index is 1.60. The molecule has 0 radical (unpaired) electrons. The second-order valence-corrected chi connectivity index (χ2v) is 7.60. The Hall–Kier alpha value is -4.05. The van der Waals surface area contributed by atoms with Crippen LogP contribution in [0.1, 0.15) is 18.2 Å². The van der Waals surface area contributed by atoms with Gasteiger partial charge in [0.1, 0.15) is 29.1 Å². The SMILES string of the molecule is COCc1nn2c(c1-c1ccc(OC)cc1)NC(=O)C2CC(=O)Nc1ccc(OC)cc1OC. The van der Waals surface area contributed by atoms with Crippen molar-refractivity contribution in [3.05, 3.63) is 48.2 Å². The van der Waals surface area contributed by atoms with Crippen molar-refractivity contribution in [2.45, 2.75) is 19.1 Å². The van der Waals surface area contributed by atoms with E-state index in [1.165, 1.54) is 7.11 Å². The maximum Gasteiger partial charge on any atom is 0.251 e. The number of hydrogen-bond donors (Lipinski definition) is 2. The molecule has 34 heavy (non-hydrogen) atoms. The summed E-state index contributed by atoms with van der Waals surface area (Å²) >= 11 is 0. The zero-order valence-electron chi connectivity index (χ0n) is 19.4. The van der Waals surface area contributed by atoms with Gasteiger partial charge in [-0.1, -0.05) is 12.1 Å². The van der Waals surface area contributed by atoms with Gasteiger partial charge in [-0.2, -0.15) is 5.10 Å². The summed E-state index contributed by atoms with van der Waals surface area (Å²) in [5, 5.41) is 10.3. The Morgan fingerprint density at radius 2 is 1.74 bits per heavy atom. The Labute approximate surface area is 196 Å². The number of methoxy groups -OCH3 is 4. The highest BCUT2D eigenvalue weighted by atomic mass is 16.5. The summed E-state index contributed by atoms with van der Waals surface area (Å²) in [5.41, 5.74) is 2.73.